The van der Waals surface area contributed by atoms with Crippen molar-refractivity contribution in [3.63, 3.8) is 0 Å². The number of hydrogen-bond acceptors (Lipinski definition) is 3. The number of rotatable bonds is 4. The molecule has 0 aromatic heterocycles. The van der Waals surface area contributed by atoms with E-state index in [9.17, 15) is 0 Å². The Labute approximate surface area is 56.1 Å². The van der Waals surface area contributed by atoms with Crippen molar-refractivity contribution in [2.45, 2.75) is 0 Å². The maximum absolute atomic E-state index is 8.46. The predicted molar refractivity (Wildman–Crippen MR) is 37.0 cm³/mol. The molecule has 0 saturated carbocycles. The van der Waals surface area contributed by atoms with Gasteiger partial charge < -0.3 is 10.6 Å². The van der Waals surface area contributed by atoms with Crippen molar-refractivity contribution in [1.29, 1.82) is 5.26 Å². The van der Waals surface area contributed by atoms with E-state index in [2.05, 4.69) is 16.7 Å². The average Bonchev–Trinajstić information content (AvgIpc) is 1.88. The second-order valence-electron chi connectivity index (χ2n) is 1.94. The fraction of sp³-hybridized carbons (Fsp3) is 0.833. The topological polar surface area (TPSA) is 47.9 Å². The maximum Gasteiger partial charge on any atom is 0.0712 e. The summed E-state index contributed by atoms with van der Waals surface area (Å²) in [5.74, 6) is 0.0972. The maximum atomic E-state index is 8.46. The lowest BCUT2D eigenvalue weighted by molar-refractivity contribution is 0.573. The minimum atomic E-state index is 0.0972. The molecule has 0 radical (unpaired) electrons. The van der Waals surface area contributed by atoms with Crippen LogP contribution in [0.15, 0.2) is 0 Å². The Morgan fingerprint density at radius 3 is 2.00 bits per heavy atom. The number of nitrogens with zero attached hydrogens (tertiary/aromatic N) is 1. The monoisotopic (exact) mass is 127 g/mol. The van der Waals surface area contributed by atoms with Crippen LogP contribution in [0.25, 0.3) is 0 Å². The summed E-state index contributed by atoms with van der Waals surface area (Å²) in [5.41, 5.74) is 0. The first kappa shape index (κ1) is 8.41. The third-order valence-electron chi connectivity index (χ3n) is 1.08. The van der Waals surface area contributed by atoms with Crippen LogP contribution in [0.3, 0.4) is 0 Å². The first-order valence-corrected chi connectivity index (χ1v) is 3.04. The van der Waals surface area contributed by atoms with E-state index >= 15 is 0 Å². The average molecular weight is 127 g/mol. The molecule has 3 nitrogen and oxygen atoms in total. The quantitative estimate of drug-likeness (QED) is 0.538. The highest BCUT2D eigenvalue weighted by Gasteiger charge is 2.01. The van der Waals surface area contributed by atoms with Crippen molar-refractivity contribution in [2.24, 2.45) is 5.92 Å². The van der Waals surface area contributed by atoms with Crippen LogP contribution in [-0.2, 0) is 0 Å². The molecule has 0 amide bonds. The van der Waals surface area contributed by atoms with Gasteiger partial charge in [0.25, 0.3) is 0 Å². The lowest BCUT2D eigenvalue weighted by Gasteiger charge is -2.05. The van der Waals surface area contributed by atoms with Crippen LogP contribution in [0.4, 0.5) is 0 Å². The van der Waals surface area contributed by atoms with Gasteiger partial charge in [-0.2, -0.15) is 5.26 Å². The summed E-state index contributed by atoms with van der Waals surface area (Å²) in [5, 5.41) is 14.3. The van der Waals surface area contributed by atoms with E-state index in [1.807, 2.05) is 14.1 Å². The van der Waals surface area contributed by atoms with Gasteiger partial charge in [-0.1, -0.05) is 0 Å². The molecule has 0 fully saturated rings. The van der Waals surface area contributed by atoms with Crippen LogP contribution in [0.1, 0.15) is 0 Å². The number of nitrogens with one attached hydrogen (secondary N) is 2. The van der Waals surface area contributed by atoms with Gasteiger partial charge >= 0.3 is 0 Å². The van der Waals surface area contributed by atoms with E-state index in [1.54, 1.807) is 0 Å². The summed E-state index contributed by atoms with van der Waals surface area (Å²) in [6.45, 7) is 1.52. The fourth-order valence-electron chi connectivity index (χ4n) is 0.656. The van der Waals surface area contributed by atoms with Gasteiger partial charge in [0.2, 0.25) is 0 Å². The summed E-state index contributed by atoms with van der Waals surface area (Å²) in [6.07, 6.45) is 0. The highest BCUT2D eigenvalue weighted by atomic mass is 14.9. The Balaban J connectivity index is 3.32. The Morgan fingerprint density at radius 1 is 1.33 bits per heavy atom. The Kier molecular flexibility index (Phi) is 5.18. The second-order valence-corrected chi connectivity index (χ2v) is 1.94. The van der Waals surface area contributed by atoms with Gasteiger partial charge in [-0.3, -0.25) is 0 Å². The van der Waals surface area contributed by atoms with E-state index in [0.29, 0.717) is 0 Å². The molecule has 0 heterocycles. The zero-order valence-corrected chi connectivity index (χ0v) is 5.94. The van der Waals surface area contributed by atoms with Gasteiger partial charge in [0.1, 0.15) is 0 Å². The van der Waals surface area contributed by atoms with Gasteiger partial charge in [-0.25, -0.2) is 0 Å². The molecule has 0 aromatic rings. The second kappa shape index (κ2) is 5.54. The molecule has 0 aliphatic carbocycles. The molecule has 0 spiro atoms. The molecule has 0 unspecified atom stereocenters. The highest BCUT2D eigenvalue weighted by Crippen LogP contribution is 1.86. The normalized spacial score (nSPS) is 9.56. The van der Waals surface area contributed by atoms with Crippen LogP contribution in [0.5, 0.6) is 0 Å². The molecule has 0 aliphatic rings. The Hall–Kier alpha value is -0.590. The summed E-state index contributed by atoms with van der Waals surface area (Å²) >= 11 is 0. The summed E-state index contributed by atoms with van der Waals surface area (Å²) in [4.78, 5) is 0. The third-order valence-corrected chi connectivity index (χ3v) is 1.08. The molecule has 0 aliphatic heterocycles. The number of nitriles is 1. The lowest BCUT2D eigenvalue weighted by atomic mass is 10.2. The number of hydrogen-bond donors (Lipinski definition) is 2. The van der Waals surface area contributed by atoms with Crippen molar-refractivity contribution in [3.05, 3.63) is 0 Å². The van der Waals surface area contributed by atoms with E-state index in [4.69, 9.17) is 5.26 Å². The third kappa shape index (κ3) is 3.95. The minimum absolute atomic E-state index is 0.0972. The summed E-state index contributed by atoms with van der Waals surface area (Å²) in [6, 6.07) is 2.18. The van der Waals surface area contributed by atoms with Crippen LogP contribution < -0.4 is 10.6 Å². The molecule has 3 heteroatoms. The van der Waals surface area contributed by atoms with E-state index in [-0.39, 0.29) is 5.92 Å². The molecule has 0 atom stereocenters. The van der Waals surface area contributed by atoms with Crippen LogP contribution >= 0.6 is 0 Å². The zero-order chi connectivity index (χ0) is 7.11. The first-order valence-electron chi connectivity index (χ1n) is 3.04. The van der Waals surface area contributed by atoms with Crippen molar-refractivity contribution in [1.82, 2.24) is 10.6 Å². The molecule has 9 heavy (non-hydrogen) atoms. The van der Waals surface area contributed by atoms with Crippen molar-refractivity contribution in [3.8, 4) is 6.07 Å². The fourth-order valence-corrected chi connectivity index (χ4v) is 0.656. The molecule has 0 saturated heterocycles. The molecular weight excluding hydrogens is 114 g/mol. The Bertz CT molecular complexity index is 89.0. The summed E-state index contributed by atoms with van der Waals surface area (Å²) in [7, 11) is 3.69. The smallest absolute Gasteiger partial charge is 0.0712 e. The van der Waals surface area contributed by atoms with Crippen molar-refractivity contribution >= 4 is 0 Å². The van der Waals surface area contributed by atoms with E-state index in [0.717, 1.165) is 13.1 Å². The lowest BCUT2D eigenvalue weighted by Crippen LogP contribution is -2.26. The van der Waals surface area contributed by atoms with E-state index < -0.39 is 0 Å². The Morgan fingerprint density at radius 2 is 1.78 bits per heavy atom. The molecule has 0 aromatic carbocycles. The van der Waals surface area contributed by atoms with Crippen molar-refractivity contribution < 1.29 is 0 Å². The van der Waals surface area contributed by atoms with Crippen LogP contribution in [0, 0.1) is 17.2 Å². The van der Waals surface area contributed by atoms with Crippen LogP contribution in [-0.4, -0.2) is 27.2 Å². The molecular formula is C6H13N3. The highest BCUT2D eigenvalue weighted by molar-refractivity contribution is 4.84. The van der Waals surface area contributed by atoms with Crippen LogP contribution in [0.2, 0.25) is 0 Å². The minimum Gasteiger partial charge on any atom is -0.318 e. The molecule has 52 valence electrons. The van der Waals surface area contributed by atoms with Gasteiger partial charge in [0.05, 0.1) is 12.0 Å². The van der Waals surface area contributed by atoms with Gasteiger partial charge in [-0.15, -0.1) is 0 Å². The molecule has 2 N–H and O–H groups in total. The van der Waals surface area contributed by atoms with Gasteiger partial charge in [-0.05, 0) is 14.1 Å². The molecule has 0 bridgehead atoms. The standard InChI is InChI=1S/C6H13N3/c1-8-4-6(3-7)5-9-2/h6,8-9H,4-5H2,1-2H3. The predicted octanol–water partition coefficient (Wildman–Crippen LogP) is -0.435. The first-order chi connectivity index (χ1) is 4.35. The zero-order valence-electron chi connectivity index (χ0n) is 5.94. The SMILES string of the molecule is CNCC(C#N)CNC. The van der Waals surface area contributed by atoms with E-state index in [1.165, 1.54) is 0 Å². The van der Waals surface area contributed by atoms with Crippen molar-refractivity contribution in [2.75, 3.05) is 27.2 Å². The largest absolute Gasteiger partial charge is 0.318 e. The van der Waals surface area contributed by atoms with Gasteiger partial charge in [0, 0.05) is 13.1 Å². The molecule has 0 rings (SSSR count). The summed E-state index contributed by atoms with van der Waals surface area (Å²) < 4.78 is 0. The van der Waals surface area contributed by atoms with Gasteiger partial charge in [0.15, 0.2) is 0 Å².